The molecule has 0 aliphatic heterocycles. The van der Waals surface area contributed by atoms with Crippen molar-refractivity contribution in [2.75, 3.05) is 4.90 Å². The van der Waals surface area contributed by atoms with Crippen molar-refractivity contribution < 1.29 is 9.18 Å². The number of benzene rings is 2. The first-order valence-electron chi connectivity index (χ1n) is 9.40. The van der Waals surface area contributed by atoms with Crippen LogP contribution in [0.1, 0.15) is 26.5 Å². The summed E-state index contributed by atoms with van der Waals surface area (Å²) < 4.78 is 14.3. The van der Waals surface area contributed by atoms with Gasteiger partial charge in [-0.2, -0.15) is 0 Å². The fourth-order valence-electron chi connectivity index (χ4n) is 3.39. The standard InChI is InChI=1S/C22H18ClFN4O2S/c1-12-21(31-11-26-12)22(30)28(15-6-5-13(9-25)17(23)8-15)10-14-7-19(29)27-20-16(14)3-2-4-18(20)24/h2-8,11H,9-10,25H2,1H3,(H,27,29). The van der Waals surface area contributed by atoms with E-state index in [0.717, 1.165) is 5.56 Å². The largest absolute Gasteiger partial charge is 0.326 e. The average Bonchev–Trinajstić information content (AvgIpc) is 3.18. The van der Waals surface area contributed by atoms with Gasteiger partial charge in [-0.05, 0) is 36.2 Å². The Morgan fingerprint density at radius 2 is 2.06 bits per heavy atom. The first kappa shape index (κ1) is 21.2. The number of hydrogen-bond acceptors (Lipinski definition) is 5. The molecule has 158 valence electrons. The number of halogens is 2. The second-order valence-electron chi connectivity index (χ2n) is 6.96. The highest BCUT2D eigenvalue weighted by Crippen LogP contribution is 2.29. The van der Waals surface area contributed by atoms with Gasteiger partial charge in [-0.25, -0.2) is 9.37 Å². The van der Waals surface area contributed by atoms with E-state index in [-0.39, 0.29) is 24.5 Å². The quantitative estimate of drug-likeness (QED) is 0.465. The van der Waals surface area contributed by atoms with Gasteiger partial charge in [0.2, 0.25) is 5.56 Å². The first-order chi connectivity index (χ1) is 14.9. The summed E-state index contributed by atoms with van der Waals surface area (Å²) in [6.07, 6.45) is 0. The van der Waals surface area contributed by atoms with Crippen LogP contribution in [-0.2, 0) is 13.1 Å². The van der Waals surface area contributed by atoms with Gasteiger partial charge in [-0.3, -0.25) is 9.59 Å². The van der Waals surface area contributed by atoms with Crippen LogP contribution in [0.15, 0.2) is 52.8 Å². The number of nitrogens with one attached hydrogen (secondary N) is 1. The minimum absolute atomic E-state index is 0.0400. The predicted molar refractivity (Wildman–Crippen MR) is 121 cm³/mol. The smallest absolute Gasteiger partial charge is 0.270 e. The zero-order chi connectivity index (χ0) is 22.1. The lowest BCUT2D eigenvalue weighted by Crippen LogP contribution is -2.31. The Bertz CT molecular complexity index is 1350. The normalized spacial score (nSPS) is 11.1. The van der Waals surface area contributed by atoms with E-state index >= 15 is 0 Å². The van der Waals surface area contributed by atoms with Crippen LogP contribution >= 0.6 is 22.9 Å². The minimum atomic E-state index is -0.539. The minimum Gasteiger partial charge on any atom is -0.326 e. The molecule has 0 aliphatic rings. The Labute approximate surface area is 186 Å². The van der Waals surface area contributed by atoms with E-state index in [1.54, 1.807) is 42.8 Å². The van der Waals surface area contributed by atoms with E-state index in [0.29, 0.717) is 32.2 Å². The van der Waals surface area contributed by atoms with Gasteiger partial charge in [0.1, 0.15) is 10.7 Å². The van der Waals surface area contributed by atoms with E-state index in [9.17, 15) is 14.0 Å². The fraction of sp³-hybridized carbons (Fsp3) is 0.136. The van der Waals surface area contributed by atoms with Crippen LogP contribution in [0.25, 0.3) is 10.9 Å². The lowest BCUT2D eigenvalue weighted by Gasteiger charge is -2.24. The van der Waals surface area contributed by atoms with Crippen molar-refractivity contribution in [1.82, 2.24) is 9.97 Å². The van der Waals surface area contributed by atoms with Crippen molar-refractivity contribution >= 4 is 45.4 Å². The molecule has 2 aromatic heterocycles. The number of amides is 1. The number of aryl methyl sites for hydroxylation is 1. The van der Waals surface area contributed by atoms with Crippen molar-refractivity contribution in [1.29, 1.82) is 0 Å². The number of hydrogen-bond donors (Lipinski definition) is 2. The van der Waals surface area contributed by atoms with Crippen molar-refractivity contribution in [2.45, 2.75) is 20.0 Å². The summed E-state index contributed by atoms with van der Waals surface area (Å²) in [4.78, 5) is 34.3. The van der Waals surface area contributed by atoms with E-state index < -0.39 is 11.4 Å². The maximum atomic E-state index is 14.3. The highest BCUT2D eigenvalue weighted by molar-refractivity contribution is 7.12. The van der Waals surface area contributed by atoms with Gasteiger partial charge in [0, 0.05) is 28.7 Å². The Kier molecular flexibility index (Phi) is 5.86. The van der Waals surface area contributed by atoms with E-state index in [2.05, 4.69) is 9.97 Å². The maximum Gasteiger partial charge on any atom is 0.270 e. The van der Waals surface area contributed by atoms with Crippen molar-refractivity contribution in [3.63, 3.8) is 0 Å². The highest BCUT2D eigenvalue weighted by Gasteiger charge is 2.23. The molecule has 0 aliphatic carbocycles. The van der Waals surface area contributed by atoms with Gasteiger partial charge in [0.15, 0.2) is 0 Å². The molecular weight excluding hydrogens is 439 g/mol. The highest BCUT2D eigenvalue weighted by atomic mass is 35.5. The number of fused-ring (bicyclic) bond motifs is 1. The van der Waals surface area contributed by atoms with Crippen LogP contribution in [-0.4, -0.2) is 15.9 Å². The van der Waals surface area contributed by atoms with E-state index in [1.165, 1.54) is 28.4 Å². The molecule has 0 unspecified atom stereocenters. The third-order valence-electron chi connectivity index (χ3n) is 4.99. The molecule has 0 radical (unpaired) electrons. The van der Waals surface area contributed by atoms with Crippen LogP contribution in [0.2, 0.25) is 5.02 Å². The van der Waals surface area contributed by atoms with Crippen LogP contribution in [0, 0.1) is 12.7 Å². The van der Waals surface area contributed by atoms with Gasteiger partial charge in [0.25, 0.3) is 5.91 Å². The molecule has 4 aromatic rings. The zero-order valence-corrected chi connectivity index (χ0v) is 18.1. The topological polar surface area (TPSA) is 92.1 Å². The number of H-pyrrole nitrogens is 1. The molecule has 1 amide bonds. The summed E-state index contributed by atoms with van der Waals surface area (Å²) in [5.74, 6) is -0.829. The van der Waals surface area contributed by atoms with Crippen LogP contribution in [0.4, 0.5) is 10.1 Å². The first-order valence-corrected chi connectivity index (χ1v) is 10.7. The summed E-state index contributed by atoms with van der Waals surface area (Å²) in [6, 6.07) is 11.1. The predicted octanol–water partition coefficient (Wildman–Crippen LogP) is 4.39. The Balaban J connectivity index is 1.86. The molecule has 0 saturated carbocycles. The number of aromatic nitrogens is 2. The molecule has 31 heavy (non-hydrogen) atoms. The molecule has 4 rings (SSSR count). The molecular formula is C22H18ClFN4O2S. The zero-order valence-electron chi connectivity index (χ0n) is 16.5. The third-order valence-corrected chi connectivity index (χ3v) is 6.26. The Morgan fingerprint density at radius 3 is 2.74 bits per heavy atom. The van der Waals surface area contributed by atoms with Gasteiger partial charge in [0.05, 0.1) is 23.3 Å². The lowest BCUT2D eigenvalue weighted by molar-refractivity contribution is 0.0988. The monoisotopic (exact) mass is 456 g/mol. The van der Waals surface area contributed by atoms with Gasteiger partial charge in [-0.1, -0.05) is 29.8 Å². The van der Waals surface area contributed by atoms with Gasteiger partial charge >= 0.3 is 0 Å². The number of para-hydroxylation sites is 1. The number of carbonyl (C=O) groups is 1. The lowest BCUT2D eigenvalue weighted by atomic mass is 10.1. The molecule has 6 nitrogen and oxygen atoms in total. The molecule has 2 aromatic carbocycles. The molecule has 0 bridgehead atoms. The Hall–Kier alpha value is -3.07. The number of thiazole rings is 1. The summed E-state index contributed by atoms with van der Waals surface area (Å²) in [5, 5.41) is 0.948. The van der Waals surface area contributed by atoms with Crippen molar-refractivity contribution in [3.8, 4) is 0 Å². The van der Waals surface area contributed by atoms with Crippen molar-refractivity contribution in [3.05, 3.63) is 90.9 Å². The van der Waals surface area contributed by atoms with E-state index in [1.807, 2.05) is 0 Å². The number of pyridine rings is 1. The second kappa shape index (κ2) is 8.58. The van der Waals surface area contributed by atoms with Gasteiger partial charge < -0.3 is 15.6 Å². The summed E-state index contributed by atoms with van der Waals surface area (Å²) in [5.41, 5.74) is 9.34. The summed E-state index contributed by atoms with van der Waals surface area (Å²) in [7, 11) is 0. The molecule has 3 N–H and O–H groups in total. The molecule has 0 fully saturated rings. The van der Waals surface area contributed by atoms with Crippen molar-refractivity contribution in [2.24, 2.45) is 5.73 Å². The number of anilines is 1. The van der Waals surface area contributed by atoms with Gasteiger partial charge in [-0.15, -0.1) is 11.3 Å². The maximum absolute atomic E-state index is 14.3. The number of nitrogens with two attached hydrogens (primary N) is 1. The molecule has 0 spiro atoms. The van der Waals surface area contributed by atoms with Crippen LogP contribution < -0.4 is 16.2 Å². The number of carbonyl (C=O) groups excluding carboxylic acids is 1. The number of aromatic amines is 1. The summed E-state index contributed by atoms with van der Waals surface area (Å²) >= 11 is 7.58. The third kappa shape index (κ3) is 4.10. The number of nitrogens with zero attached hydrogens (tertiary/aromatic N) is 2. The van der Waals surface area contributed by atoms with Crippen LogP contribution in [0.5, 0.6) is 0 Å². The molecule has 0 saturated heterocycles. The Morgan fingerprint density at radius 1 is 1.26 bits per heavy atom. The van der Waals surface area contributed by atoms with Crippen LogP contribution in [0.3, 0.4) is 0 Å². The summed E-state index contributed by atoms with van der Waals surface area (Å²) in [6.45, 7) is 2.06. The fourth-order valence-corrected chi connectivity index (χ4v) is 4.40. The van der Waals surface area contributed by atoms with E-state index in [4.69, 9.17) is 17.3 Å². The SMILES string of the molecule is Cc1ncsc1C(=O)N(Cc1cc(=O)[nH]c2c(F)cccc12)c1ccc(CN)c(Cl)c1. The molecule has 9 heteroatoms. The second-order valence-corrected chi connectivity index (χ2v) is 8.22. The molecule has 0 atom stereocenters. The number of rotatable bonds is 5. The average molecular weight is 457 g/mol. The molecule has 2 heterocycles.